The van der Waals surface area contributed by atoms with Crippen LogP contribution in [0.15, 0.2) is 11.4 Å². The first-order valence-corrected chi connectivity index (χ1v) is 6.72. The van der Waals surface area contributed by atoms with E-state index in [-0.39, 0.29) is 0 Å². The van der Waals surface area contributed by atoms with Gasteiger partial charge in [0.05, 0.1) is 9.71 Å². The lowest BCUT2D eigenvalue weighted by molar-refractivity contribution is 0.562. The monoisotopic (exact) mass is 233 g/mol. The van der Waals surface area contributed by atoms with Gasteiger partial charge in [0.2, 0.25) is 0 Å². The maximum Gasteiger partial charge on any atom is 0.0984 e. The first kappa shape index (κ1) is 9.84. The largest absolute Gasteiger partial charge is 0.298 e. The van der Waals surface area contributed by atoms with Crippen molar-refractivity contribution in [2.75, 3.05) is 5.75 Å². The number of rotatable bonds is 2. The molecule has 1 aliphatic rings. The molecule has 0 spiro atoms. The summed E-state index contributed by atoms with van der Waals surface area (Å²) in [5.41, 5.74) is 1.26. The van der Waals surface area contributed by atoms with E-state index >= 15 is 0 Å². The first-order valence-electron chi connectivity index (χ1n) is 4.41. The van der Waals surface area contributed by atoms with Gasteiger partial charge < -0.3 is 0 Å². The molecule has 0 bridgehead atoms. The van der Waals surface area contributed by atoms with Crippen LogP contribution in [0.1, 0.15) is 24.3 Å². The number of halogens is 1. The van der Waals surface area contributed by atoms with Gasteiger partial charge >= 0.3 is 0 Å². The predicted octanol–water partition coefficient (Wildman–Crippen LogP) is 3.52. The normalized spacial score (nSPS) is 28.2. The molecule has 0 aromatic carbocycles. The highest BCUT2D eigenvalue weighted by atomic mass is 35.5. The quantitative estimate of drug-likeness (QED) is 0.839. The number of nitrogens with one attached hydrogen (secondary N) is 1. The number of hydrogen-bond donors (Lipinski definition) is 1. The van der Waals surface area contributed by atoms with Crippen LogP contribution in [0.5, 0.6) is 0 Å². The Morgan fingerprint density at radius 2 is 2.54 bits per heavy atom. The molecule has 1 aromatic heterocycles. The highest BCUT2D eigenvalue weighted by molar-refractivity contribution is 7.99. The van der Waals surface area contributed by atoms with Crippen molar-refractivity contribution < 1.29 is 0 Å². The Hall–Kier alpha value is 0.300. The van der Waals surface area contributed by atoms with Crippen molar-refractivity contribution in [3.05, 3.63) is 21.3 Å². The van der Waals surface area contributed by atoms with Crippen molar-refractivity contribution in [3.8, 4) is 0 Å². The minimum Gasteiger partial charge on any atom is -0.298 e. The van der Waals surface area contributed by atoms with Gasteiger partial charge in [0.1, 0.15) is 0 Å². The Morgan fingerprint density at radius 3 is 3.08 bits per heavy atom. The summed E-state index contributed by atoms with van der Waals surface area (Å²) >= 11 is 9.65. The summed E-state index contributed by atoms with van der Waals surface area (Å²) in [6.45, 7) is 2.22. The van der Waals surface area contributed by atoms with Crippen LogP contribution in [0, 0.1) is 0 Å². The van der Waals surface area contributed by atoms with E-state index in [0.717, 1.165) is 4.34 Å². The van der Waals surface area contributed by atoms with E-state index in [1.165, 1.54) is 17.7 Å². The third kappa shape index (κ3) is 2.04. The van der Waals surface area contributed by atoms with E-state index in [1.54, 1.807) is 11.3 Å². The third-order valence-electron chi connectivity index (χ3n) is 2.27. The predicted molar refractivity (Wildman–Crippen MR) is 61.7 cm³/mol. The van der Waals surface area contributed by atoms with Gasteiger partial charge in [0.25, 0.3) is 0 Å². The minimum atomic E-state index is 0.420. The number of thiophene rings is 1. The molecular weight excluding hydrogens is 222 g/mol. The van der Waals surface area contributed by atoms with Gasteiger partial charge in [0.15, 0.2) is 0 Å². The second-order valence-corrected chi connectivity index (χ2v) is 5.79. The Kier molecular flexibility index (Phi) is 3.19. The van der Waals surface area contributed by atoms with Crippen LogP contribution >= 0.6 is 34.7 Å². The van der Waals surface area contributed by atoms with Gasteiger partial charge in [0, 0.05) is 17.4 Å². The van der Waals surface area contributed by atoms with Gasteiger partial charge in [-0.3, -0.25) is 5.32 Å². The maximum atomic E-state index is 6.08. The van der Waals surface area contributed by atoms with E-state index in [0.29, 0.717) is 11.4 Å². The van der Waals surface area contributed by atoms with Crippen LogP contribution in [0.4, 0.5) is 0 Å². The van der Waals surface area contributed by atoms with Crippen molar-refractivity contribution in [3.63, 3.8) is 0 Å². The summed E-state index contributed by atoms with van der Waals surface area (Å²) in [6.07, 6.45) is 1.20. The molecule has 2 atom stereocenters. The summed E-state index contributed by atoms with van der Waals surface area (Å²) in [5, 5.41) is 6.04. The van der Waals surface area contributed by atoms with Crippen molar-refractivity contribution >= 4 is 34.7 Å². The molecule has 0 amide bonds. The van der Waals surface area contributed by atoms with E-state index in [2.05, 4.69) is 23.7 Å². The number of thioether (sulfide) groups is 1. The van der Waals surface area contributed by atoms with Gasteiger partial charge in [-0.25, -0.2) is 0 Å². The highest BCUT2D eigenvalue weighted by Crippen LogP contribution is 2.39. The SMILES string of the molecule is CCC1CSC(c2ccsc2Cl)N1. The van der Waals surface area contributed by atoms with E-state index < -0.39 is 0 Å². The van der Waals surface area contributed by atoms with Crippen LogP contribution < -0.4 is 5.32 Å². The second kappa shape index (κ2) is 4.22. The van der Waals surface area contributed by atoms with Gasteiger partial charge in [-0.2, -0.15) is 0 Å². The van der Waals surface area contributed by atoms with Crippen LogP contribution in [-0.4, -0.2) is 11.8 Å². The zero-order valence-electron chi connectivity index (χ0n) is 7.42. The Bertz CT molecular complexity index is 287. The fourth-order valence-electron chi connectivity index (χ4n) is 1.43. The molecule has 0 aliphatic carbocycles. The van der Waals surface area contributed by atoms with Crippen LogP contribution in [0.3, 0.4) is 0 Å². The van der Waals surface area contributed by atoms with Crippen molar-refractivity contribution in [2.24, 2.45) is 0 Å². The molecule has 0 saturated carbocycles. The molecule has 2 rings (SSSR count). The fraction of sp³-hybridized carbons (Fsp3) is 0.556. The van der Waals surface area contributed by atoms with Crippen molar-refractivity contribution in [1.29, 1.82) is 0 Å². The van der Waals surface area contributed by atoms with E-state index in [1.807, 2.05) is 11.8 Å². The summed E-state index contributed by atoms with van der Waals surface area (Å²) < 4.78 is 0.932. The number of hydrogen-bond acceptors (Lipinski definition) is 3. The molecule has 72 valence electrons. The van der Waals surface area contributed by atoms with Gasteiger partial charge in [-0.15, -0.1) is 23.1 Å². The molecule has 13 heavy (non-hydrogen) atoms. The molecule has 4 heteroatoms. The molecule has 1 aliphatic heterocycles. The Balaban J connectivity index is 2.08. The molecule has 2 unspecified atom stereocenters. The zero-order chi connectivity index (χ0) is 9.26. The van der Waals surface area contributed by atoms with Crippen LogP contribution in [-0.2, 0) is 0 Å². The lowest BCUT2D eigenvalue weighted by atomic mass is 10.2. The third-order valence-corrected chi connectivity index (χ3v) is 4.79. The van der Waals surface area contributed by atoms with Crippen LogP contribution in [0.2, 0.25) is 4.34 Å². The van der Waals surface area contributed by atoms with Gasteiger partial charge in [-0.1, -0.05) is 18.5 Å². The van der Waals surface area contributed by atoms with E-state index in [4.69, 9.17) is 11.6 Å². The maximum absolute atomic E-state index is 6.08. The van der Waals surface area contributed by atoms with E-state index in [9.17, 15) is 0 Å². The topological polar surface area (TPSA) is 12.0 Å². The lowest BCUT2D eigenvalue weighted by Gasteiger charge is -2.10. The average Bonchev–Trinajstić information content (AvgIpc) is 2.71. The fourth-order valence-corrected chi connectivity index (χ4v) is 3.97. The molecule has 1 saturated heterocycles. The average molecular weight is 234 g/mol. The standard InChI is InChI=1S/C9H12ClNS2/c1-2-6-5-13-9(11-6)7-3-4-12-8(7)10/h3-4,6,9,11H,2,5H2,1H3. The summed E-state index contributed by atoms with van der Waals surface area (Å²) in [7, 11) is 0. The zero-order valence-corrected chi connectivity index (χ0v) is 9.81. The molecular formula is C9H12ClNS2. The molecule has 2 heterocycles. The van der Waals surface area contributed by atoms with Crippen molar-refractivity contribution in [2.45, 2.75) is 24.8 Å². The Labute approximate surface area is 91.9 Å². The van der Waals surface area contributed by atoms with Crippen LogP contribution in [0.25, 0.3) is 0 Å². The molecule has 1 fully saturated rings. The van der Waals surface area contributed by atoms with Gasteiger partial charge in [-0.05, 0) is 17.9 Å². The van der Waals surface area contributed by atoms with Crippen molar-refractivity contribution in [1.82, 2.24) is 5.32 Å². The summed E-state index contributed by atoms with van der Waals surface area (Å²) in [5.74, 6) is 1.20. The smallest absolute Gasteiger partial charge is 0.0984 e. The molecule has 1 N–H and O–H groups in total. The minimum absolute atomic E-state index is 0.420. The molecule has 0 radical (unpaired) electrons. The summed E-state index contributed by atoms with van der Waals surface area (Å²) in [6, 6.07) is 2.78. The first-order chi connectivity index (χ1) is 6.31. The molecule has 1 aromatic rings. The summed E-state index contributed by atoms with van der Waals surface area (Å²) in [4.78, 5) is 0. The lowest BCUT2D eigenvalue weighted by Crippen LogP contribution is -2.24. The molecule has 1 nitrogen and oxygen atoms in total. The second-order valence-electron chi connectivity index (χ2n) is 3.13. The highest BCUT2D eigenvalue weighted by Gasteiger charge is 2.25. The Morgan fingerprint density at radius 1 is 1.69 bits per heavy atom.